The van der Waals surface area contributed by atoms with Crippen molar-refractivity contribution in [1.29, 1.82) is 0 Å². The standard InChI is InChI=1S/C16H19FN2O/c1-11(2)18-9-13-8-14(17)5-7-16(13)20-15-6-4-12(3)19-10-15/h4-8,10-11,18H,9H2,1-3H3. The minimum Gasteiger partial charge on any atom is -0.455 e. The molecule has 2 rings (SSSR count). The smallest absolute Gasteiger partial charge is 0.145 e. The van der Waals surface area contributed by atoms with Crippen molar-refractivity contribution >= 4 is 0 Å². The van der Waals surface area contributed by atoms with Gasteiger partial charge in [0, 0.05) is 23.8 Å². The second-order valence-corrected chi connectivity index (χ2v) is 5.02. The van der Waals surface area contributed by atoms with Gasteiger partial charge in [0.25, 0.3) is 0 Å². The predicted molar refractivity (Wildman–Crippen MR) is 77.4 cm³/mol. The maximum Gasteiger partial charge on any atom is 0.145 e. The van der Waals surface area contributed by atoms with E-state index in [-0.39, 0.29) is 5.82 Å². The maximum absolute atomic E-state index is 13.4. The van der Waals surface area contributed by atoms with Crippen molar-refractivity contribution in [3.05, 3.63) is 53.6 Å². The summed E-state index contributed by atoms with van der Waals surface area (Å²) in [7, 11) is 0. The number of aryl methyl sites for hydroxylation is 1. The van der Waals surface area contributed by atoms with Crippen LogP contribution < -0.4 is 10.1 Å². The van der Waals surface area contributed by atoms with Crippen LogP contribution in [-0.2, 0) is 6.54 Å². The second-order valence-electron chi connectivity index (χ2n) is 5.02. The van der Waals surface area contributed by atoms with Crippen LogP contribution in [0, 0.1) is 12.7 Å². The van der Waals surface area contributed by atoms with Crippen molar-refractivity contribution in [1.82, 2.24) is 10.3 Å². The largest absolute Gasteiger partial charge is 0.455 e. The molecule has 0 amide bonds. The van der Waals surface area contributed by atoms with Crippen LogP contribution in [0.25, 0.3) is 0 Å². The lowest BCUT2D eigenvalue weighted by molar-refractivity contribution is 0.464. The van der Waals surface area contributed by atoms with Crippen molar-refractivity contribution < 1.29 is 9.13 Å². The Morgan fingerprint density at radius 1 is 1.25 bits per heavy atom. The zero-order valence-electron chi connectivity index (χ0n) is 12.0. The average Bonchev–Trinajstić information content (AvgIpc) is 2.41. The lowest BCUT2D eigenvalue weighted by atomic mass is 10.2. The monoisotopic (exact) mass is 274 g/mol. The summed E-state index contributed by atoms with van der Waals surface area (Å²) in [6.07, 6.45) is 1.67. The highest BCUT2D eigenvalue weighted by atomic mass is 19.1. The van der Waals surface area contributed by atoms with E-state index in [2.05, 4.69) is 10.3 Å². The van der Waals surface area contributed by atoms with Gasteiger partial charge in [0.1, 0.15) is 17.3 Å². The van der Waals surface area contributed by atoms with Gasteiger partial charge in [0.05, 0.1) is 6.20 Å². The number of nitrogens with one attached hydrogen (secondary N) is 1. The van der Waals surface area contributed by atoms with Crippen molar-refractivity contribution in [3.63, 3.8) is 0 Å². The SMILES string of the molecule is Cc1ccc(Oc2ccc(F)cc2CNC(C)C)cn1. The van der Waals surface area contributed by atoms with Gasteiger partial charge in [-0.05, 0) is 37.3 Å². The molecule has 0 radical (unpaired) electrons. The molecule has 1 aromatic heterocycles. The number of rotatable bonds is 5. The van der Waals surface area contributed by atoms with Gasteiger partial charge in [-0.15, -0.1) is 0 Å². The molecule has 0 spiro atoms. The highest BCUT2D eigenvalue weighted by molar-refractivity contribution is 5.37. The summed E-state index contributed by atoms with van der Waals surface area (Å²) in [5.74, 6) is 1.03. The molecular weight excluding hydrogens is 255 g/mol. The maximum atomic E-state index is 13.4. The summed E-state index contributed by atoms with van der Waals surface area (Å²) < 4.78 is 19.2. The summed E-state index contributed by atoms with van der Waals surface area (Å²) in [6, 6.07) is 8.59. The first-order chi connectivity index (χ1) is 9.54. The molecule has 2 aromatic rings. The lowest BCUT2D eigenvalue weighted by Gasteiger charge is -2.13. The second kappa shape index (κ2) is 6.48. The molecule has 20 heavy (non-hydrogen) atoms. The van der Waals surface area contributed by atoms with Crippen LogP contribution in [0.2, 0.25) is 0 Å². The van der Waals surface area contributed by atoms with Gasteiger partial charge < -0.3 is 10.1 Å². The predicted octanol–water partition coefficient (Wildman–Crippen LogP) is 3.82. The molecule has 0 aliphatic heterocycles. The Balaban J connectivity index is 2.19. The summed E-state index contributed by atoms with van der Waals surface area (Å²) in [6.45, 7) is 6.57. The van der Waals surface area contributed by atoms with Crippen LogP contribution in [0.5, 0.6) is 11.5 Å². The van der Waals surface area contributed by atoms with Crippen LogP contribution in [0.15, 0.2) is 36.5 Å². The van der Waals surface area contributed by atoms with Crippen LogP contribution in [0.4, 0.5) is 4.39 Å². The van der Waals surface area contributed by atoms with E-state index in [1.165, 1.54) is 12.1 Å². The van der Waals surface area contributed by atoms with Gasteiger partial charge >= 0.3 is 0 Å². The van der Waals surface area contributed by atoms with E-state index in [9.17, 15) is 4.39 Å². The van der Waals surface area contributed by atoms with Crippen LogP contribution in [0.3, 0.4) is 0 Å². The molecule has 4 heteroatoms. The van der Waals surface area contributed by atoms with E-state index in [0.717, 1.165) is 11.3 Å². The molecule has 0 saturated heterocycles. The Morgan fingerprint density at radius 2 is 2.05 bits per heavy atom. The number of ether oxygens (including phenoxy) is 1. The van der Waals surface area contributed by atoms with Crippen LogP contribution in [0.1, 0.15) is 25.1 Å². The normalized spacial score (nSPS) is 10.8. The highest BCUT2D eigenvalue weighted by Gasteiger charge is 2.07. The fourth-order valence-electron chi connectivity index (χ4n) is 1.74. The zero-order chi connectivity index (χ0) is 14.5. The topological polar surface area (TPSA) is 34.1 Å². The molecule has 0 fully saturated rings. The zero-order valence-corrected chi connectivity index (χ0v) is 12.0. The molecule has 1 heterocycles. The fourth-order valence-corrected chi connectivity index (χ4v) is 1.74. The van der Waals surface area contributed by atoms with E-state index in [0.29, 0.717) is 24.1 Å². The van der Waals surface area contributed by atoms with Crippen molar-refractivity contribution in [3.8, 4) is 11.5 Å². The molecule has 3 nitrogen and oxygen atoms in total. The number of benzene rings is 1. The molecule has 0 bridgehead atoms. The molecule has 0 unspecified atom stereocenters. The first-order valence-corrected chi connectivity index (χ1v) is 6.67. The first-order valence-electron chi connectivity index (χ1n) is 6.67. The van der Waals surface area contributed by atoms with Crippen molar-refractivity contribution in [2.45, 2.75) is 33.4 Å². The number of pyridine rings is 1. The van der Waals surface area contributed by atoms with Crippen LogP contribution in [-0.4, -0.2) is 11.0 Å². The van der Waals surface area contributed by atoms with E-state index in [1.807, 2.05) is 32.9 Å². The fraction of sp³-hybridized carbons (Fsp3) is 0.312. The van der Waals surface area contributed by atoms with Gasteiger partial charge in [-0.2, -0.15) is 0 Å². The van der Waals surface area contributed by atoms with Crippen molar-refractivity contribution in [2.75, 3.05) is 0 Å². The quantitative estimate of drug-likeness (QED) is 0.900. The minimum atomic E-state index is -0.264. The molecule has 0 saturated carbocycles. The Bertz CT molecular complexity index is 567. The van der Waals surface area contributed by atoms with Crippen LogP contribution >= 0.6 is 0 Å². The number of hydrogen-bond donors (Lipinski definition) is 1. The molecule has 0 aliphatic carbocycles. The van der Waals surface area contributed by atoms with Gasteiger partial charge in [-0.25, -0.2) is 4.39 Å². The van der Waals surface area contributed by atoms with E-state index >= 15 is 0 Å². The van der Waals surface area contributed by atoms with E-state index < -0.39 is 0 Å². The number of halogens is 1. The first kappa shape index (κ1) is 14.5. The molecule has 0 atom stereocenters. The molecule has 106 valence electrons. The number of nitrogens with zero attached hydrogens (tertiary/aromatic N) is 1. The van der Waals surface area contributed by atoms with Gasteiger partial charge in [-0.1, -0.05) is 13.8 Å². The lowest BCUT2D eigenvalue weighted by Crippen LogP contribution is -2.22. The van der Waals surface area contributed by atoms with Crippen molar-refractivity contribution in [2.24, 2.45) is 0 Å². The van der Waals surface area contributed by atoms with Gasteiger partial charge in [0.2, 0.25) is 0 Å². The highest BCUT2D eigenvalue weighted by Crippen LogP contribution is 2.25. The Labute approximate surface area is 118 Å². The summed E-state index contributed by atoms with van der Waals surface area (Å²) >= 11 is 0. The van der Waals surface area contributed by atoms with E-state index in [1.54, 1.807) is 12.3 Å². The Morgan fingerprint density at radius 3 is 2.70 bits per heavy atom. The molecule has 1 N–H and O–H groups in total. The van der Waals surface area contributed by atoms with Gasteiger partial charge in [0.15, 0.2) is 0 Å². The molecule has 0 aliphatic rings. The third-order valence-electron chi connectivity index (χ3n) is 2.84. The summed E-state index contributed by atoms with van der Waals surface area (Å²) in [5.41, 5.74) is 1.72. The Hall–Kier alpha value is -1.94. The number of hydrogen-bond acceptors (Lipinski definition) is 3. The third kappa shape index (κ3) is 4.03. The summed E-state index contributed by atoms with van der Waals surface area (Å²) in [4.78, 5) is 4.18. The average molecular weight is 274 g/mol. The molecule has 1 aromatic carbocycles. The third-order valence-corrected chi connectivity index (χ3v) is 2.84. The summed E-state index contributed by atoms with van der Waals surface area (Å²) in [5, 5.41) is 3.26. The Kier molecular flexibility index (Phi) is 4.69. The van der Waals surface area contributed by atoms with E-state index in [4.69, 9.17) is 4.74 Å². The van der Waals surface area contributed by atoms with Gasteiger partial charge in [-0.3, -0.25) is 4.98 Å². The number of aromatic nitrogens is 1. The minimum absolute atomic E-state index is 0.264. The molecular formula is C16H19FN2O.